The smallest absolute Gasteiger partial charge is 0.231 e. The van der Waals surface area contributed by atoms with Crippen LogP contribution in [0.25, 0.3) is 0 Å². The zero-order valence-corrected chi connectivity index (χ0v) is 8.50. The van der Waals surface area contributed by atoms with Crippen LogP contribution in [0.1, 0.15) is 18.9 Å². The summed E-state index contributed by atoms with van der Waals surface area (Å²) >= 11 is 0. The molecule has 0 amide bonds. The normalized spacial score (nSPS) is 13.0. The number of hydrogen-bond donors (Lipinski definition) is 0. The molecule has 76 valence electrons. The molecule has 1 aliphatic rings. The van der Waals surface area contributed by atoms with Crippen LogP contribution in [0, 0.1) is 0 Å². The molecule has 1 aliphatic heterocycles. The van der Waals surface area contributed by atoms with Gasteiger partial charge in [-0.2, -0.15) is 0 Å². The van der Waals surface area contributed by atoms with Gasteiger partial charge in [-0.1, -0.05) is 13.3 Å². The van der Waals surface area contributed by atoms with E-state index < -0.39 is 0 Å². The molecule has 0 bridgehead atoms. The Bertz CT molecular complexity index is 334. The lowest BCUT2D eigenvalue weighted by Crippen LogP contribution is -1.93. The fraction of sp³-hybridized carbons (Fsp3) is 0.455. The molecule has 0 N–H and O–H groups in total. The predicted molar refractivity (Wildman–Crippen MR) is 53.1 cm³/mol. The zero-order valence-electron chi connectivity index (χ0n) is 8.50. The zero-order chi connectivity index (χ0) is 9.97. The first-order valence-corrected chi connectivity index (χ1v) is 4.81. The van der Waals surface area contributed by atoms with Crippen LogP contribution in [-0.2, 0) is 6.42 Å². The summed E-state index contributed by atoms with van der Waals surface area (Å²) in [7, 11) is 1.65. The summed E-state index contributed by atoms with van der Waals surface area (Å²) in [6.07, 6.45) is 2.15. The highest BCUT2D eigenvalue weighted by Crippen LogP contribution is 2.41. The lowest BCUT2D eigenvalue weighted by atomic mass is 10.1. The number of methoxy groups -OCH3 is 1. The molecule has 3 heteroatoms. The molecule has 0 atom stereocenters. The van der Waals surface area contributed by atoms with Crippen molar-refractivity contribution in [3.63, 3.8) is 0 Å². The van der Waals surface area contributed by atoms with E-state index in [4.69, 9.17) is 14.2 Å². The highest BCUT2D eigenvalue weighted by molar-refractivity contribution is 5.55. The first-order valence-electron chi connectivity index (χ1n) is 4.81. The lowest BCUT2D eigenvalue weighted by molar-refractivity contribution is 0.171. The maximum Gasteiger partial charge on any atom is 0.231 e. The summed E-state index contributed by atoms with van der Waals surface area (Å²) in [5.41, 5.74) is 1.23. The third-order valence-electron chi connectivity index (χ3n) is 2.26. The van der Waals surface area contributed by atoms with E-state index in [1.54, 1.807) is 7.11 Å². The molecule has 0 spiro atoms. The quantitative estimate of drug-likeness (QED) is 0.739. The highest BCUT2D eigenvalue weighted by atomic mass is 16.7. The summed E-state index contributed by atoms with van der Waals surface area (Å²) in [5, 5.41) is 0. The Hall–Kier alpha value is -1.38. The van der Waals surface area contributed by atoms with Gasteiger partial charge in [-0.15, -0.1) is 0 Å². The van der Waals surface area contributed by atoms with Crippen LogP contribution in [-0.4, -0.2) is 13.9 Å². The molecule has 0 unspecified atom stereocenters. The number of rotatable bonds is 3. The van der Waals surface area contributed by atoms with Crippen LogP contribution in [0.2, 0.25) is 0 Å². The van der Waals surface area contributed by atoms with Crippen molar-refractivity contribution in [1.82, 2.24) is 0 Å². The molecule has 0 aromatic heterocycles. The molecule has 0 aliphatic carbocycles. The first kappa shape index (κ1) is 9.19. The summed E-state index contributed by atoms with van der Waals surface area (Å²) in [6, 6.07) is 4.03. The lowest BCUT2D eigenvalue weighted by Gasteiger charge is -2.07. The minimum absolute atomic E-state index is 0.293. The molecule has 0 saturated heterocycles. The SMILES string of the molecule is CCCc1cc(OC)c2c(c1)OCO2. The van der Waals surface area contributed by atoms with Crippen molar-refractivity contribution >= 4 is 0 Å². The number of ether oxygens (including phenoxy) is 3. The van der Waals surface area contributed by atoms with E-state index in [-0.39, 0.29) is 0 Å². The molecule has 3 nitrogen and oxygen atoms in total. The van der Waals surface area contributed by atoms with Crippen molar-refractivity contribution in [3.8, 4) is 17.2 Å². The predicted octanol–water partition coefficient (Wildman–Crippen LogP) is 2.38. The molecule has 1 heterocycles. The average Bonchev–Trinajstić information content (AvgIpc) is 2.65. The minimum Gasteiger partial charge on any atom is -0.493 e. The number of aryl methyl sites for hydroxylation is 1. The van der Waals surface area contributed by atoms with Crippen LogP contribution >= 0.6 is 0 Å². The second-order valence-corrected chi connectivity index (χ2v) is 3.28. The third kappa shape index (κ3) is 1.50. The topological polar surface area (TPSA) is 27.7 Å². The standard InChI is InChI=1S/C11H14O3/c1-3-4-8-5-9(12-2)11-10(6-8)13-7-14-11/h5-6H,3-4,7H2,1-2H3. The van der Waals surface area contributed by atoms with Gasteiger partial charge in [0.2, 0.25) is 12.5 Å². The van der Waals surface area contributed by atoms with Gasteiger partial charge in [-0.3, -0.25) is 0 Å². The fourth-order valence-corrected chi connectivity index (χ4v) is 1.62. The van der Waals surface area contributed by atoms with Gasteiger partial charge >= 0.3 is 0 Å². The van der Waals surface area contributed by atoms with E-state index >= 15 is 0 Å². The van der Waals surface area contributed by atoms with Crippen molar-refractivity contribution in [2.45, 2.75) is 19.8 Å². The Balaban J connectivity index is 2.39. The first-order chi connectivity index (χ1) is 6.85. The van der Waals surface area contributed by atoms with E-state index in [0.29, 0.717) is 6.79 Å². The number of hydrogen-bond acceptors (Lipinski definition) is 3. The van der Waals surface area contributed by atoms with E-state index in [9.17, 15) is 0 Å². The van der Waals surface area contributed by atoms with E-state index in [1.807, 2.05) is 12.1 Å². The fourth-order valence-electron chi connectivity index (χ4n) is 1.62. The molecular formula is C11H14O3. The molecular weight excluding hydrogens is 180 g/mol. The van der Waals surface area contributed by atoms with Gasteiger partial charge in [0.25, 0.3) is 0 Å². The largest absolute Gasteiger partial charge is 0.493 e. The number of benzene rings is 1. The van der Waals surface area contributed by atoms with Gasteiger partial charge in [-0.05, 0) is 24.1 Å². The van der Waals surface area contributed by atoms with Gasteiger partial charge in [0.15, 0.2) is 11.5 Å². The summed E-state index contributed by atoms with van der Waals surface area (Å²) in [4.78, 5) is 0. The molecule has 2 rings (SSSR count). The van der Waals surface area contributed by atoms with Crippen molar-refractivity contribution in [2.24, 2.45) is 0 Å². The van der Waals surface area contributed by atoms with Crippen LogP contribution in [0.3, 0.4) is 0 Å². The molecule has 1 aromatic carbocycles. The van der Waals surface area contributed by atoms with Crippen molar-refractivity contribution in [3.05, 3.63) is 17.7 Å². The van der Waals surface area contributed by atoms with Crippen LogP contribution in [0.5, 0.6) is 17.2 Å². The monoisotopic (exact) mass is 194 g/mol. The van der Waals surface area contributed by atoms with E-state index in [1.165, 1.54) is 5.56 Å². The van der Waals surface area contributed by atoms with Crippen LogP contribution in [0.15, 0.2) is 12.1 Å². The van der Waals surface area contributed by atoms with E-state index in [2.05, 4.69) is 6.92 Å². The van der Waals surface area contributed by atoms with Crippen molar-refractivity contribution in [1.29, 1.82) is 0 Å². The Morgan fingerprint density at radius 3 is 2.93 bits per heavy atom. The second kappa shape index (κ2) is 3.78. The third-order valence-corrected chi connectivity index (χ3v) is 2.26. The molecule has 0 saturated carbocycles. The Morgan fingerprint density at radius 2 is 2.21 bits per heavy atom. The Labute approximate surface area is 83.6 Å². The van der Waals surface area contributed by atoms with E-state index in [0.717, 1.165) is 30.1 Å². The van der Waals surface area contributed by atoms with Gasteiger partial charge in [0.1, 0.15) is 0 Å². The second-order valence-electron chi connectivity index (χ2n) is 3.28. The van der Waals surface area contributed by atoms with Crippen LogP contribution in [0.4, 0.5) is 0 Å². The molecule has 1 aromatic rings. The summed E-state index contributed by atoms with van der Waals surface area (Å²) in [5.74, 6) is 2.30. The Morgan fingerprint density at radius 1 is 1.36 bits per heavy atom. The molecule has 0 fully saturated rings. The maximum absolute atomic E-state index is 5.33. The van der Waals surface area contributed by atoms with Gasteiger partial charge in [0, 0.05) is 0 Å². The van der Waals surface area contributed by atoms with Gasteiger partial charge in [0.05, 0.1) is 7.11 Å². The Kier molecular flexibility index (Phi) is 2.48. The van der Waals surface area contributed by atoms with Crippen LogP contribution < -0.4 is 14.2 Å². The summed E-state index contributed by atoms with van der Waals surface area (Å²) in [6.45, 7) is 2.44. The number of fused-ring (bicyclic) bond motifs is 1. The highest BCUT2D eigenvalue weighted by Gasteiger charge is 2.19. The average molecular weight is 194 g/mol. The van der Waals surface area contributed by atoms with Gasteiger partial charge in [-0.25, -0.2) is 0 Å². The van der Waals surface area contributed by atoms with Gasteiger partial charge < -0.3 is 14.2 Å². The molecule has 0 radical (unpaired) electrons. The van der Waals surface area contributed by atoms with Crippen molar-refractivity contribution < 1.29 is 14.2 Å². The van der Waals surface area contributed by atoms with Crippen molar-refractivity contribution in [2.75, 3.05) is 13.9 Å². The summed E-state index contributed by atoms with van der Waals surface area (Å²) < 4.78 is 15.9. The minimum atomic E-state index is 0.293. The molecule has 14 heavy (non-hydrogen) atoms. The maximum atomic E-state index is 5.33.